The number of nitrogens with one attached hydrogen (secondary N) is 1. The van der Waals surface area contributed by atoms with Crippen LogP contribution in [0, 0.1) is 6.92 Å². The lowest BCUT2D eigenvalue weighted by atomic mass is 10.1. The van der Waals surface area contributed by atoms with E-state index in [1.165, 1.54) is 23.1 Å². The lowest BCUT2D eigenvalue weighted by Gasteiger charge is -2.14. The SMILES string of the molecule is Cc1csc(SC(C(=O)NC(N)=O)c2ccccc2)n1. The minimum absolute atomic E-state index is 0.443. The zero-order valence-corrected chi connectivity index (χ0v) is 12.3. The molecule has 0 aliphatic carbocycles. The van der Waals surface area contributed by atoms with E-state index >= 15 is 0 Å². The van der Waals surface area contributed by atoms with E-state index in [0.29, 0.717) is 0 Å². The van der Waals surface area contributed by atoms with E-state index in [1.54, 1.807) is 0 Å². The molecule has 0 radical (unpaired) electrons. The van der Waals surface area contributed by atoms with Crippen molar-refractivity contribution in [2.75, 3.05) is 0 Å². The van der Waals surface area contributed by atoms with E-state index in [9.17, 15) is 9.59 Å². The molecule has 2 rings (SSSR count). The van der Waals surface area contributed by atoms with E-state index in [2.05, 4.69) is 10.3 Å². The molecule has 0 spiro atoms. The summed E-state index contributed by atoms with van der Waals surface area (Å²) in [6.07, 6.45) is 0. The van der Waals surface area contributed by atoms with Crippen LogP contribution in [0.3, 0.4) is 0 Å². The lowest BCUT2D eigenvalue weighted by Crippen LogP contribution is -2.37. The Labute approximate surface area is 124 Å². The summed E-state index contributed by atoms with van der Waals surface area (Å²) in [6, 6.07) is 8.36. The second kappa shape index (κ2) is 6.53. The Hall–Kier alpha value is -1.86. The van der Waals surface area contributed by atoms with Gasteiger partial charge < -0.3 is 5.73 Å². The van der Waals surface area contributed by atoms with Gasteiger partial charge in [0.25, 0.3) is 0 Å². The third-order valence-electron chi connectivity index (χ3n) is 2.40. The van der Waals surface area contributed by atoms with Crippen LogP contribution in [0.5, 0.6) is 0 Å². The molecule has 1 atom stereocenters. The first-order valence-electron chi connectivity index (χ1n) is 5.80. The van der Waals surface area contributed by atoms with Crippen molar-refractivity contribution in [1.29, 1.82) is 0 Å². The van der Waals surface area contributed by atoms with Crippen LogP contribution in [-0.4, -0.2) is 16.9 Å². The van der Waals surface area contributed by atoms with Gasteiger partial charge in [0.05, 0.1) is 0 Å². The van der Waals surface area contributed by atoms with Crippen molar-refractivity contribution < 1.29 is 9.59 Å². The monoisotopic (exact) mass is 307 g/mol. The van der Waals surface area contributed by atoms with Crippen LogP contribution in [0.15, 0.2) is 40.1 Å². The van der Waals surface area contributed by atoms with Crippen LogP contribution in [0.4, 0.5) is 4.79 Å². The van der Waals surface area contributed by atoms with Gasteiger partial charge in [0.1, 0.15) is 5.25 Å². The van der Waals surface area contributed by atoms with Gasteiger partial charge in [-0.25, -0.2) is 9.78 Å². The topological polar surface area (TPSA) is 85.1 Å². The van der Waals surface area contributed by atoms with E-state index in [4.69, 9.17) is 5.73 Å². The highest BCUT2D eigenvalue weighted by molar-refractivity contribution is 8.01. The summed E-state index contributed by atoms with van der Waals surface area (Å²) in [6.45, 7) is 1.89. The van der Waals surface area contributed by atoms with Crippen molar-refractivity contribution >= 4 is 35.0 Å². The van der Waals surface area contributed by atoms with E-state index in [-0.39, 0.29) is 0 Å². The molecular formula is C13H13N3O2S2. The normalized spacial score (nSPS) is 11.8. The molecule has 1 aromatic carbocycles. The second-order valence-electron chi connectivity index (χ2n) is 4.02. The van der Waals surface area contributed by atoms with Crippen molar-refractivity contribution in [3.63, 3.8) is 0 Å². The fourth-order valence-corrected chi connectivity index (χ4v) is 3.61. The Morgan fingerprint density at radius 3 is 2.60 bits per heavy atom. The first kappa shape index (κ1) is 14.5. The number of rotatable bonds is 4. The number of nitrogens with two attached hydrogens (primary N) is 1. The van der Waals surface area contributed by atoms with Gasteiger partial charge in [0.15, 0.2) is 4.34 Å². The Balaban J connectivity index is 2.24. The number of hydrogen-bond donors (Lipinski definition) is 2. The highest BCUT2D eigenvalue weighted by Gasteiger charge is 2.24. The summed E-state index contributed by atoms with van der Waals surface area (Å²) in [5.41, 5.74) is 6.71. The minimum Gasteiger partial charge on any atom is -0.351 e. The first-order valence-corrected chi connectivity index (χ1v) is 7.56. The number of primary amides is 1. The highest BCUT2D eigenvalue weighted by atomic mass is 32.2. The average molecular weight is 307 g/mol. The molecule has 3 amide bonds. The number of amides is 3. The zero-order chi connectivity index (χ0) is 14.5. The largest absolute Gasteiger partial charge is 0.351 e. The van der Waals surface area contributed by atoms with Gasteiger partial charge >= 0.3 is 6.03 Å². The molecule has 1 heterocycles. The van der Waals surface area contributed by atoms with E-state index < -0.39 is 17.2 Å². The number of benzene rings is 1. The number of hydrogen-bond acceptors (Lipinski definition) is 5. The van der Waals surface area contributed by atoms with Crippen LogP contribution in [0.2, 0.25) is 0 Å². The van der Waals surface area contributed by atoms with Crippen molar-refractivity contribution in [3.8, 4) is 0 Å². The molecular weight excluding hydrogens is 294 g/mol. The Morgan fingerprint density at radius 1 is 1.35 bits per heavy atom. The Kier molecular flexibility index (Phi) is 4.75. The molecule has 104 valence electrons. The molecule has 20 heavy (non-hydrogen) atoms. The standard InChI is InChI=1S/C13H13N3O2S2/c1-8-7-19-13(15-8)20-10(11(17)16-12(14)18)9-5-3-2-4-6-9/h2-7,10H,1H3,(H3,14,16,17,18). The number of thioether (sulfide) groups is 1. The van der Waals surface area contributed by atoms with Crippen molar-refractivity contribution in [2.45, 2.75) is 16.5 Å². The van der Waals surface area contributed by atoms with Gasteiger partial charge in [-0.3, -0.25) is 10.1 Å². The van der Waals surface area contributed by atoms with Crippen LogP contribution >= 0.6 is 23.1 Å². The smallest absolute Gasteiger partial charge is 0.318 e. The molecule has 0 saturated carbocycles. The maximum atomic E-state index is 12.1. The highest BCUT2D eigenvalue weighted by Crippen LogP contribution is 2.36. The maximum absolute atomic E-state index is 12.1. The van der Waals surface area contributed by atoms with Crippen LogP contribution in [-0.2, 0) is 4.79 Å². The average Bonchev–Trinajstić information content (AvgIpc) is 2.81. The quantitative estimate of drug-likeness (QED) is 0.850. The van der Waals surface area contributed by atoms with Crippen LogP contribution in [0.25, 0.3) is 0 Å². The molecule has 0 aliphatic heterocycles. The van der Waals surface area contributed by atoms with Crippen molar-refractivity contribution in [1.82, 2.24) is 10.3 Å². The molecule has 0 bridgehead atoms. The summed E-state index contributed by atoms with van der Waals surface area (Å²) in [5, 5.41) is 3.48. The number of nitrogens with zero attached hydrogens (tertiary/aromatic N) is 1. The number of urea groups is 1. The molecule has 0 fully saturated rings. The van der Waals surface area contributed by atoms with Gasteiger partial charge in [-0.15, -0.1) is 11.3 Å². The number of imide groups is 1. The predicted molar refractivity (Wildman–Crippen MR) is 79.6 cm³/mol. The van der Waals surface area contributed by atoms with Gasteiger partial charge in [-0.05, 0) is 12.5 Å². The van der Waals surface area contributed by atoms with Crippen molar-refractivity contribution in [2.24, 2.45) is 5.73 Å². The summed E-state index contributed by atoms with van der Waals surface area (Å²) in [7, 11) is 0. The zero-order valence-electron chi connectivity index (χ0n) is 10.7. The Bertz CT molecular complexity index is 613. The molecule has 1 unspecified atom stereocenters. The molecule has 2 aromatic rings. The van der Waals surface area contributed by atoms with Gasteiger partial charge in [0.2, 0.25) is 5.91 Å². The van der Waals surface area contributed by atoms with Gasteiger partial charge in [-0.1, -0.05) is 42.1 Å². The molecule has 5 nitrogen and oxygen atoms in total. The maximum Gasteiger partial charge on any atom is 0.318 e. The summed E-state index contributed by atoms with van der Waals surface area (Å²) in [4.78, 5) is 27.3. The first-order chi connectivity index (χ1) is 9.56. The molecule has 0 saturated heterocycles. The summed E-state index contributed by atoms with van der Waals surface area (Å²) >= 11 is 2.76. The molecule has 3 N–H and O–H groups in total. The number of thiazole rings is 1. The fraction of sp³-hybridized carbons (Fsp3) is 0.154. The number of aryl methyl sites for hydroxylation is 1. The lowest BCUT2D eigenvalue weighted by molar-refractivity contribution is -0.119. The van der Waals surface area contributed by atoms with Gasteiger partial charge in [0, 0.05) is 11.1 Å². The molecule has 0 aliphatic rings. The summed E-state index contributed by atoms with van der Waals surface area (Å²) in [5.74, 6) is -0.443. The van der Waals surface area contributed by atoms with E-state index in [0.717, 1.165) is 15.6 Å². The third kappa shape index (κ3) is 3.82. The second-order valence-corrected chi connectivity index (χ2v) is 6.23. The van der Waals surface area contributed by atoms with E-state index in [1.807, 2.05) is 42.6 Å². The van der Waals surface area contributed by atoms with Gasteiger partial charge in [-0.2, -0.15) is 0 Å². The molecule has 7 heteroatoms. The predicted octanol–water partition coefficient (Wildman–Crippen LogP) is 2.48. The Morgan fingerprint density at radius 2 is 2.05 bits per heavy atom. The van der Waals surface area contributed by atoms with Crippen molar-refractivity contribution in [3.05, 3.63) is 47.0 Å². The molecule has 1 aromatic heterocycles. The fourth-order valence-electron chi connectivity index (χ4n) is 1.58. The number of aromatic nitrogens is 1. The number of carbonyl (C=O) groups is 2. The summed E-state index contributed by atoms with van der Waals surface area (Å²) < 4.78 is 0.774. The van der Waals surface area contributed by atoms with Crippen LogP contribution < -0.4 is 11.1 Å². The number of carbonyl (C=O) groups excluding carboxylic acids is 2. The van der Waals surface area contributed by atoms with Crippen LogP contribution in [0.1, 0.15) is 16.5 Å². The third-order valence-corrected chi connectivity index (χ3v) is 4.75. The minimum atomic E-state index is -0.855.